The van der Waals surface area contributed by atoms with Gasteiger partial charge in [0, 0.05) is 29.1 Å². The number of amidine groups is 1. The number of benzene rings is 2. The molecule has 1 aliphatic heterocycles. The maximum absolute atomic E-state index is 6.13. The lowest BCUT2D eigenvalue weighted by atomic mass is 10.00. The Labute approximate surface area is 122 Å². The predicted molar refractivity (Wildman–Crippen MR) is 84.3 cm³/mol. The molecule has 0 fully saturated rings. The lowest BCUT2D eigenvalue weighted by Gasteiger charge is -2.14. The number of halogens is 1. The van der Waals surface area contributed by atoms with E-state index in [1.54, 1.807) is 0 Å². The first-order chi connectivity index (χ1) is 9.74. The van der Waals surface area contributed by atoms with Gasteiger partial charge < -0.3 is 5.73 Å². The molecule has 4 heteroatoms. The van der Waals surface area contributed by atoms with Crippen molar-refractivity contribution in [3.05, 3.63) is 64.7 Å². The van der Waals surface area contributed by atoms with Crippen LogP contribution < -0.4 is 5.73 Å². The molecule has 0 saturated carbocycles. The van der Waals surface area contributed by atoms with Gasteiger partial charge in [-0.05, 0) is 18.2 Å². The smallest absolute Gasteiger partial charge is 0.101 e. The lowest BCUT2D eigenvalue weighted by Crippen LogP contribution is -2.16. The molecular formula is C16H14ClN3. The van der Waals surface area contributed by atoms with Gasteiger partial charge in [-0.2, -0.15) is 0 Å². The third kappa shape index (κ3) is 2.58. The quantitative estimate of drug-likeness (QED) is 0.854. The molecule has 100 valence electrons. The van der Waals surface area contributed by atoms with E-state index in [1.165, 1.54) is 0 Å². The first kappa shape index (κ1) is 12.9. The summed E-state index contributed by atoms with van der Waals surface area (Å²) in [5.74, 6) is 0.601. The van der Waals surface area contributed by atoms with Crippen LogP contribution >= 0.6 is 11.6 Å². The molecule has 0 aliphatic carbocycles. The molecule has 2 aromatic rings. The molecule has 0 amide bonds. The molecule has 1 heterocycles. The standard InChI is InChI=1S/C16H14ClN3/c17-12-6-7-14-13(10-12)16(11-4-2-1-3-5-11)19-9-8-15(18)20-14/h1-7,10H,8-9H2,(H2,18,20). The molecule has 1 aliphatic rings. The van der Waals surface area contributed by atoms with E-state index < -0.39 is 0 Å². The fraction of sp³-hybridized carbons (Fsp3) is 0.125. The van der Waals surface area contributed by atoms with Crippen molar-refractivity contribution in [2.45, 2.75) is 6.42 Å². The Balaban J connectivity index is 2.20. The number of hydrogen-bond donors (Lipinski definition) is 1. The van der Waals surface area contributed by atoms with Gasteiger partial charge in [0.05, 0.1) is 11.4 Å². The molecule has 0 spiro atoms. The van der Waals surface area contributed by atoms with Crippen molar-refractivity contribution < 1.29 is 0 Å². The second kappa shape index (κ2) is 5.47. The molecule has 0 unspecified atom stereocenters. The minimum atomic E-state index is 0.601. The highest BCUT2D eigenvalue weighted by atomic mass is 35.5. The van der Waals surface area contributed by atoms with Crippen LogP contribution in [0.2, 0.25) is 5.02 Å². The van der Waals surface area contributed by atoms with Crippen molar-refractivity contribution >= 4 is 28.8 Å². The van der Waals surface area contributed by atoms with Gasteiger partial charge in [-0.15, -0.1) is 0 Å². The molecule has 0 bridgehead atoms. The number of nitrogens with zero attached hydrogens (tertiary/aromatic N) is 2. The Hall–Kier alpha value is -2.13. The van der Waals surface area contributed by atoms with Crippen LogP contribution in [0.3, 0.4) is 0 Å². The number of nitrogens with two attached hydrogens (primary N) is 1. The molecule has 0 saturated heterocycles. The van der Waals surface area contributed by atoms with Gasteiger partial charge in [0.1, 0.15) is 5.84 Å². The number of rotatable bonds is 1. The van der Waals surface area contributed by atoms with E-state index in [2.05, 4.69) is 9.98 Å². The van der Waals surface area contributed by atoms with Gasteiger partial charge in [0.2, 0.25) is 0 Å². The van der Waals surface area contributed by atoms with E-state index in [4.69, 9.17) is 17.3 Å². The fourth-order valence-corrected chi connectivity index (χ4v) is 2.39. The molecule has 2 N–H and O–H groups in total. The largest absolute Gasteiger partial charge is 0.387 e. The van der Waals surface area contributed by atoms with E-state index in [9.17, 15) is 0 Å². The van der Waals surface area contributed by atoms with Gasteiger partial charge in [-0.3, -0.25) is 4.99 Å². The fourth-order valence-electron chi connectivity index (χ4n) is 2.22. The van der Waals surface area contributed by atoms with Crippen molar-refractivity contribution in [2.24, 2.45) is 15.7 Å². The zero-order valence-electron chi connectivity index (χ0n) is 10.9. The summed E-state index contributed by atoms with van der Waals surface area (Å²) in [7, 11) is 0. The van der Waals surface area contributed by atoms with Gasteiger partial charge in [-0.1, -0.05) is 41.9 Å². The zero-order valence-corrected chi connectivity index (χ0v) is 11.6. The third-order valence-electron chi connectivity index (χ3n) is 3.16. The topological polar surface area (TPSA) is 50.7 Å². The molecule has 20 heavy (non-hydrogen) atoms. The second-order valence-electron chi connectivity index (χ2n) is 4.61. The van der Waals surface area contributed by atoms with Crippen LogP contribution in [0, 0.1) is 0 Å². The Morgan fingerprint density at radius 3 is 2.65 bits per heavy atom. The first-order valence-electron chi connectivity index (χ1n) is 6.47. The van der Waals surface area contributed by atoms with Crippen LogP contribution in [-0.2, 0) is 0 Å². The number of hydrogen-bond acceptors (Lipinski definition) is 3. The monoisotopic (exact) mass is 283 g/mol. The molecule has 3 nitrogen and oxygen atoms in total. The average molecular weight is 284 g/mol. The van der Waals surface area contributed by atoms with Crippen LogP contribution in [0.25, 0.3) is 0 Å². The lowest BCUT2D eigenvalue weighted by molar-refractivity contribution is 1.02. The van der Waals surface area contributed by atoms with Gasteiger partial charge >= 0.3 is 0 Å². The highest BCUT2D eigenvalue weighted by Gasteiger charge is 2.14. The first-order valence-corrected chi connectivity index (χ1v) is 6.84. The van der Waals surface area contributed by atoms with E-state index in [1.807, 2.05) is 48.5 Å². The normalized spacial score (nSPS) is 14.7. The highest BCUT2D eigenvalue weighted by molar-refractivity contribution is 6.31. The van der Waals surface area contributed by atoms with Gasteiger partial charge in [-0.25, -0.2) is 4.99 Å². The zero-order chi connectivity index (χ0) is 13.9. The van der Waals surface area contributed by atoms with Crippen molar-refractivity contribution in [3.8, 4) is 0 Å². The summed E-state index contributed by atoms with van der Waals surface area (Å²) in [6.07, 6.45) is 0.665. The SMILES string of the molecule is NC1=Nc2ccc(Cl)cc2C(c2ccccc2)=NCC1. The molecule has 0 aromatic heterocycles. The summed E-state index contributed by atoms with van der Waals surface area (Å²) in [6.45, 7) is 0.630. The maximum atomic E-state index is 6.13. The average Bonchev–Trinajstić information content (AvgIpc) is 2.45. The van der Waals surface area contributed by atoms with Crippen LogP contribution in [0.5, 0.6) is 0 Å². The molecule has 2 aromatic carbocycles. The Kier molecular flexibility index (Phi) is 3.52. The van der Waals surface area contributed by atoms with Crippen LogP contribution in [0.1, 0.15) is 17.5 Å². The maximum Gasteiger partial charge on any atom is 0.101 e. The van der Waals surface area contributed by atoms with E-state index in [0.29, 0.717) is 23.8 Å². The molecular weight excluding hydrogens is 270 g/mol. The summed E-state index contributed by atoms with van der Waals surface area (Å²) in [6, 6.07) is 15.7. The van der Waals surface area contributed by atoms with Gasteiger partial charge in [0.15, 0.2) is 0 Å². The second-order valence-corrected chi connectivity index (χ2v) is 5.05. The van der Waals surface area contributed by atoms with E-state index in [0.717, 1.165) is 22.5 Å². The molecule has 0 radical (unpaired) electrons. The Morgan fingerprint density at radius 2 is 1.85 bits per heavy atom. The van der Waals surface area contributed by atoms with Gasteiger partial charge in [0.25, 0.3) is 0 Å². The van der Waals surface area contributed by atoms with E-state index in [-0.39, 0.29) is 0 Å². The Bertz CT molecular complexity index is 690. The predicted octanol–water partition coefficient (Wildman–Crippen LogP) is 3.57. The van der Waals surface area contributed by atoms with E-state index >= 15 is 0 Å². The number of aliphatic imine (C=N–C) groups is 2. The minimum Gasteiger partial charge on any atom is -0.387 e. The van der Waals surface area contributed by atoms with Crippen molar-refractivity contribution in [1.29, 1.82) is 0 Å². The summed E-state index contributed by atoms with van der Waals surface area (Å²) in [5.41, 5.74) is 9.60. The number of fused-ring (bicyclic) bond motifs is 1. The van der Waals surface area contributed by atoms with Crippen molar-refractivity contribution in [3.63, 3.8) is 0 Å². The minimum absolute atomic E-state index is 0.601. The summed E-state index contributed by atoms with van der Waals surface area (Å²) in [4.78, 5) is 9.15. The summed E-state index contributed by atoms with van der Waals surface area (Å²) < 4.78 is 0. The highest BCUT2D eigenvalue weighted by Crippen LogP contribution is 2.27. The summed E-state index contributed by atoms with van der Waals surface area (Å²) in [5, 5.41) is 0.668. The van der Waals surface area contributed by atoms with Crippen molar-refractivity contribution in [1.82, 2.24) is 0 Å². The van der Waals surface area contributed by atoms with Crippen LogP contribution in [0.4, 0.5) is 5.69 Å². The van der Waals surface area contributed by atoms with Crippen molar-refractivity contribution in [2.75, 3.05) is 6.54 Å². The Morgan fingerprint density at radius 1 is 1.05 bits per heavy atom. The molecule has 0 atom stereocenters. The third-order valence-corrected chi connectivity index (χ3v) is 3.40. The summed E-state index contributed by atoms with van der Waals surface area (Å²) >= 11 is 6.13. The van der Waals surface area contributed by atoms with Crippen LogP contribution in [-0.4, -0.2) is 18.1 Å². The molecule has 3 rings (SSSR count). The van der Waals surface area contributed by atoms with Crippen LogP contribution in [0.15, 0.2) is 58.5 Å².